The Morgan fingerprint density at radius 2 is 1.80 bits per heavy atom. The lowest BCUT2D eigenvalue weighted by Crippen LogP contribution is -2.35. The minimum absolute atomic E-state index is 0.0520. The minimum Gasteiger partial charge on any atom is -0.335 e. The molecule has 0 aliphatic heterocycles. The third-order valence-electron chi connectivity index (χ3n) is 6.20. The van der Waals surface area contributed by atoms with Gasteiger partial charge in [-0.15, -0.1) is 11.8 Å². The van der Waals surface area contributed by atoms with Crippen molar-refractivity contribution >= 4 is 29.3 Å². The van der Waals surface area contributed by atoms with Crippen LogP contribution in [0.1, 0.15) is 31.0 Å². The van der Waals surface area contributed by atoms with E-state index in [1.807, 2.05) is 35.2 Å². The fourth-order valence-corrected chi connectivity index (χ4v) is 4.65. The van der Waals surface area contributed by atoms with Gasteiger partial charge in [0.1, 0.15) is 11.5 Å². The lowest BCUT2D eigenvalue weighted by atomic mass is 10.2. The quantitative estimate of drug-likeness (QED) is 0.488. The average Bonchev–Trinajstić information content (AvgIpc) is 3.67. The second kappa shape index (κ2) is 10.5. The van der Waals surface area contributed by atoms with Crippen molar-refractivity contribution < 1.29 is 14.0 Å². The zero-order chi connectivity index (χ0) is 25.1. The van der Waals surface area contributed by atoms with Crippen molar-refractivity contribution in [2.75, 3.05) is 11.1 Å². The number of hydrogen-bond acceptors (Lipinski definition) is 4. The van der Waals surface area contributed by atoms with Crippen LogP contribution in [-0.2, 0) is 23.2 Å². The summed E-state index contributed by atoms with van der Waals surface area (Å²) in [4.78, 5) is 40.7. The van der Waals surface area contributed by atoms with Crippen LogP contribution in [0, 0.1) is 12.7 Å². The second-order valence-electron chi connectivity index (χ2n) is 8.76. The Morgan fingerprint density at radius 3 is 2.43 bits per heavy atom. The lowest BCUT2D eigenvalue weighted by Gasteiger charge is -2.23. The van der Waals surface area contributed by atoms with Crippen molar-refractivity contribution in [1.29, 1.82) is 0 Å². The van der Waals surface area contributed by atoms with Crippen LogP contribution >= 0.6 is 11.8 Å². The molecule has 1 aliphatic carbocycles. The first-order valence-corrected chi connectivity index (χ1v) is 12.6. The smallest absolute Gasteiger partial charge is 0.295 e. The van der Waals surface area contributed by atoms with Crippen LogP contribution in [0.5, 0.6) is 0 Å². The molecule has 4 rings (SSSR count). The Balaban J connectivity index is 1.38. The molecule has 3 aromatic rings. The van der Waals surface area contributed by atoms with E-state index in [9.17, 15) is 18.8 Å². The zero-order valence-corrected chi connectivity index (χ0v) is 20.8. The Hall–Kier alpha value is -3.33. The molecule has 0 radical (unpaired) electrons. The molecule has 9 heteroatoms. The molecule has 2 amide bonds. The van der Waals surface area contributed by atoms with E-state index in [0.29, 0.717) is 17.9 Å². The molecule has 0 saturated heterocycles. The number of amides is 2. The number of benzene rings is 2. The van der Waals surface area contributed by atoms with E-state index in [0.717, 1.165) is 18.4 Å². The molecular formula is C26H29FN4O3S. The van der Waals surface area contributed by atoms with Gasteiger partial charge in [-0.05, 0) is 56.5 Å². The Kier molecular flexibility index (Phi) is 7.45. The van der Waals surface area contributed by atoms with E-state index in [1.165, 1.54) is 28.6 Å². The Bertz CT molecular complexity index is 1270. The van der Waals surface area contributed by atoms with Crippen molar-refractivity contribution in [3.05, 3.63) is 82.0 Å². The third-order valence-corrected chi connectivity index (χ3v) is 7.33. The summed E-state index contributed by atoms with van der Waals surface area (Å²) in [5.74, 6) is -0.541. The highest BCUT2D eigenvalue weighted by molar-refractivity contribution is 8.01. The average molecular weight is 497 g/mol. The number of carbonyl (C=O) groups excluding carboxylic acids is 2. The predicted molar refractivity (Wildman–Crippen MR) is 136 cm³/mol. The highest BCUT2D eigenvalue weighted by Crippen LogP contribution is 2.29. The third kappa shape index (κ3) is 5.67. The van der Waals surface area contributed by atoms with Crippen molar-refractivity contribution in [3.8, 4) is 5.69 Å². The molecule has 2 aromatic carbocycles. The summed E-state index contributed by atoms with van der Waals surface area (Å²) in [6, 6.07) is 15.6. The van der Waals surface area contributed by atoms with E-state index in [2.05, 4.69) is 5.32 Å². The molecule has 35 heavy (non-hydrogen) atoms. The largest absolute Gasteiger partial charge is 0.335 e. The lowest BCUT2D eigenvalue weighted by molar-refractivity contribution is -0.129. The number of nitrogens with one attached hydrogen (secondary N) is 1. The minimum atomic E-state index is -0.532. The standard InChI is InChI=1S/C26H29FN4O3S/c1-17-24(26(34)31(29(17)3)22-7-5-4-6-8-22)28-25(33)18(2)35-16-23(32)30(21-13-14-21)15-19-9-11-20(27)12-10-19/h4-12,18,21H,13-16H2,1-3H3,(H,28,33). The normalized spacial score (nSPS) is 13.9. The maximum absolute atomic E-state index is 13.2. The van der Waals surface area contributed by atoms with E-state index < -0.39 is 5.25 Å². The fraction of sp³-hybridized carbons (Fsp3) is 0.346. The summed E-state index contributed by atoms with van der Waals surface area (Å²) < 4.78 is 16.4. The van der Waals surface area contributed by atoms with Gasteiger partial charge in [0.25, 0.3) is 5.56 Å². The molecule has 0 bridgehead atoms. The van der Waals surface area contributed by atoms with Gasteiger partial charge in [-0.25, -0.2) is 9.07 Å². The fourth-order valence-electron chi connectivity index (χ4n) is 3.89. The van der Waals surface area contributed by atoms with Crippen LogP contribution in [0.4, 0.5) is 10.1 Å². The van der Waals surface area contributed by atoms with E-state index in [1.54, 1.807) is 37.7 Å². The molecule has 1 aliphatic rings. The first kappa shape index (κ1) is 24.8. The summed E-state index contributed by atoms with van der Waals surface area (Å²) in [6.45, 7) is 3.93. The molecule has 7 nitrogen and oxygen atoms in total. The molecule has 184 valence electrons. The summed E-state index contributed by atoms with van der Waals surface area (Å²) in [6.07, 6.45) is 1.91. The van der Waals surface area contributed by atoms with Gasteiger partial charge < -0.3 is 10.2 Å². The molecule has 1 heterocycles. The zero-order valence-electron chi connectivity index (χ0n) is 20.0. The number of halogens is 1. The highest BCUT2D eigenvalue weighted by Gasteiger charge is 2.33. The van der Waals surface area contributed by atoms with Gasteiger partial charge in [0.15, 0.2) is 0 Å². The molecule has 1 N–H and O–H groups in total. The van der Waals surface area contributed by atoms with Gasteiger partial charge in [-0.2, -0.15) is 0 Å². The summed E-state index contributed by atoms with van der Waals surface area (Å²) in [5.41, 5.74) is 2.14. The van der Waals surface area contributed by atoms with E-state index in [4.69, 9.17) is 0 Å². The number of carbonyl (C=O) groups is 2. The Labute approximate surface area is 207 Å². The monoisotopic (exact) mass is 496 g/mol. The van der Waals surface area contributed by atoms with Crippen LogP contribution < -0.4 is 10.9 Å². The molecule has 1 saturated carbocycles. The van der Waals surface area contributed by atoms with Gasteiger partial charge in [0.2, 0.25) is 11.8 Å². The Morgan fingerprint density at radius 1 is 1.14 bits per heavy atom. The van der Waals surface area contributed by atoms with Crippen LogP contribution in [0.15, 0.2) is 59.4 Å². The van der Waals surface area contributed by atoms with Gasteiger partial charge in [0, 0.05) is 19.6 Å². The number of rotatable bonds is 9. The molecule has 1 unspecified atom stereocenters. The number of para-hydroxylation sites is 1. The van der Waals surface area contributed by atoms with Crippen LogP contribution in [0.25, 0.3) is 5.69 Å². The van der Waals surface area contributed by atoms with Crippen LogP contribution in [0.2, 0.25) is 0 Å². The number of nitrogens with zero attached hydrogens (tertiary/aromatic N) is 3. The summed E-state index contributed by atoms with van der Waals surface area (Å²) in [5, 5.41) is 2.24. The maximum Gasteiger partial charge on any atom is 0.295 e. The van der Waals surface area contributed by atoms with Gasteiger partial charge in [-0.3, -0.25) is 19.1 Å². The molecule has 1 fully saturated rings. The van der Waals surface area contributed by atoms with Crippen LogP contribution in [0.3, 0.4) is 0 Å². The molecule has 0 spiro atoms. The van der Waals surface area contributed by atoms with E-state index >= 15 is 0 Å². The van der Waals surface area contributed by atoms with Gasteiger partial charge in [0.05, 0.1) is 22.4 Å². The van der Waals surface area contributed by atoms with Crippen molar-refractivity contribution in [1.82, 2.24) is 14.3 Å². The molecular weight excluding hydrogens is 467 g/mol. The van der Waals surface area contributed by atoms with Crippen molar-refractivity contribution in [2.24, 2.45) is 7.05 Å². The summed E-state index contributed by atoms with van der Waals surface area (Å²) in [7, 11) is 1.77. The topological polar surface area (TPSA) is 76.3 Å². The van der Waals surface area contributed by atoms with Crippen molar-refractivity contribution in [3.63, 3.8) is 0 Å². The SMILES string of the molecule is Cc1c(NC(=O)C(C)SCC(=O)N(Cc2ccc(F)cc2)C2CC2)c(=O)n(-c2ccccc2)n1C. The maximum atomic E-state index is 13.2. The number of hydrogen-bond donors (Lipinski definition) is 1. The molecule has 1 aromatic heterocycles. The van der Waals surface area contributed by atoms with Crippen LogP contribution in [-0.4, -0.2) is 43.1 Å². The highest BCUT2D eigenvalue weighted by atomic mass is 32.2. The van der Waals surface area contributed by atoms with Crippen molar-refractivity contribution in [2.45, 2.75) is 44.5 Å². The first-order valence-electron chi connectivity index (χ1n) is 11.6. The van der Waals surface area contributed by atoms with Gasteiger partial charge in [-0.1, -0.05) is 30.3 Å². The number of aromatic nitrogens is 2. The number of anilines is 1. The molecule has 1 atom stereocenters. The predicted octanol–water partition coefficient (Wildman–Crippen LogP) is 3.87. The van der Waals surface area contributed by atoms with E-state index in [-0.39, 0.29) is 40.7 Å². The number of thioether (sulfide) groups is 1. The van der Waals surface area contributed by atoms with Gasteiger partial charge >= 0.3 is 0 Å². The first-order chi connectivity index (χ1) is 16.8. The summed E-state index contributed by atoms with van der Waals surface area (Å²) >= 11 is 1.24. The second-order valence-corrected chi connectivity index (χ2v) is 10.1.